The van der Waals surface area contributed by atoms with Crippen LogP contribution in [0.5, 0.6) is 0 Å². The Balaban J connectivity index is 0.000000569. The third kappa shape index (κ3) is 8.23. The molecule has 172 valence electrons. The van der Waals surface area contributed by atoms with E-state index in [4.69, 9.17) is 19.8 Å². The number of hydrogen-bond donors (Lipinski definition) is 4. The van der Waals surface area contributed by atoms with Crippen LogP contribution < -0.4 is 10.6 Å². The topological polar surface area (TPSA) is 116 Å². The van der Waals surface area contributed by atoms with Crippen molar-refractivity contribution in [3.05, 3.63) is 101 Å². The van der Waals surface area contributed by atoms with Gasteiger partial charge >= 0.3 is 11.9 Å². The van der Waals surface area contributed by atoms with Crippen LogP contribution >= 0.6 is 0 Å². The molecular weight excluding hydrogens is 420 g/mol. The van der Waals surface area contributed by atoms with Crippen LogP contribution in [0.3, 0.4) is 0 Å². The monoisotopic (exact) mass is 448 g/mol. The van der Waals surface area contributed by atoms with Crippen LogP contribution in [0.15, 0.2) is 72.8 Å². The molecule has 0 aliphatic heterocycles. The Bertz CT molecular complexity index is 1100. The van der Waals surface area contributed by atoms with Gasteiger partial charge in [0.15, 0.2) is 0 Å². The molecule has 7 heteroatoms. The van der Waals surface area contributed by atoms with Crippen molar-refractivity contribution in [3.8, 4) is 0 Å². The van der Waals surface area contributed by atoms with Crippen molar-refractivity contribution in [2.75, 3.05) is 5.32 Å². The number of anilines is 1. The molecule has 0 spiro atoms. The van der Waals surface area contributed by atoms with Gasteiger partial charge in [0.05, 0.1) is 0 Å². The van der Waals surface area contributed by atoms with Crippen molar-refractivity contribution >= 4 is 23.5 Å². The lowest BCUT2D eigenvalue weighted by Gasteiger charge is -2.17. The minimum absolute atomic E-state index is 0.0895. The summed E-state index contributed by atoms with van der Waals surface area (Å²) in [6.07, 6.45) is 0. The summed E-state index contributed by atoms with van der Waals surface area (Å²) in [6, 6.07) is 24.2. The van der Waals surface area contributed by atoms with Gasteiger partial charge in [-0.25, -0.2) is 9.59 Å². The van der Waals surface area contributed by atoms with Crippen LogP contribution in [0.2, 0.25) is 0 Å². The number of nitrogens with one attached hydrogen (secondary N) is 2. The lowest BCUT2D eigenvalue weighted by atomic mass is 10.0. The minimum atomic E-state index is -1.82. The molecular formula is C26H28N2O5. The molecule has 33 heavy (non-hydrogen) atoms. The maximum atomic E-state index is 12.4. The van der Waals surface area contributed by atoms with Crippen LogP contribution in [0.1, 0.15) is 45.6 Å². The number of aryl methyl sites for hydroxylation is 2. The lowest BCUT2D eigenvalue weighted by molar-refractivity contribution is -0.159. The van der Waals surface area contributed by atoms with E-state index < -0.39 is 11.9 Å². The predicted octanol–water partition coefficient (Wildman–Crippen LogP) is 4.56. The molecule has 1 amide bonds. The van der Waals surface area contributed by atoms with Gasteiger partial charge in [-0.1, -0.05) is 54.1 Å². The van der Waals surface area contributed by atoms with Crippen LogP contribution in [-0.4, -0.2) is 28.1 Å². The molecule has 0 aliphatic rings. The van der Waals surface area contributed by atoms with Crippen LogP contribution in [0, 0.1) is 13.8 Å². The Kier molecular flexibility index (Phi) is 9.32. The fraction of sp³-hybridized carbons (Fsp3) is 0.192. The average Bonchev–Trinajstić information content (AvgIpc) is 2.79. The van der Waals surface area contributed by atoms with Gasteiger partial charge in [0.1, 0.15) is 0 Å². The van der Waals surface area contributed by atoms with Crippen molar-refractivity contribution in [2.24, 2.45) is 0 Å². The molecule has 1 atom stereocenters. The standard InChI is InChI=1S/C24H26N2O.C2H2O4/c1-17-11-13-21(14-12-17)24(27)26-22-9-6-8-20(15-22)16-25-19(3)23-10-5-4-7-18(23)2;3-1(4)2(5)6/h4-15,19,25H,16H2,1-3H3,(H,26,27);(H,3,4)(H,5,6). The fourth-order valence-corrected chi connectivity index (χ4v) is 3.12. The van der Waals surface area contributed by atoms with Crippen molar-refractivity contribution in [2.45, 2.75) is 33.4 Å². The number of aliphatic carboxylic acids is 2. The van der Waals surface area contributed by atoms with E-state index in [0.717, 1.165) is 23.4 Å². The summed E-state index contributed by atoms with van der Waals surface area (Å²) >= 11 is 0. The summed E-state index contributed by atoms with van der Waals surface area (Å²) in [6.45, 7) is 7.06. The molecule has 3 rings (SSSR count). The number of carbonyl (C=O) groups excluding carboxylic acids is 1. The number of rotatable bonds is 6. The molecule has 3 aromatic rings. The average molecular weight is 449 g/mol. The second kappa shape index (κ2) is 12.2. The van der Waals surface area contributed by atoms with Crippen molar-refractivity contribution < 1.29 is 24.6 Å². The third-order valence-corrected chi connectivity index (χ3v) is 4.95. The van der Waals surface area contributed by atoms with Crippen LogP contribution in [-0.2, 0) is 16.1 Å². The van der Waals surface area contributed by atoms with E-state index in [1.807, 2.05) is 49.4 Å². The summed E-state index contributed by atoms with van der Waals surface area (Å²) in [7, 11) is 0. The van der Waals surface area contributed by atoms with Crippen molar-refractivity contribution in [1.29, 1.82) is 0 Å². The highest BCUT2D eigenvalue weighted by Crippen LogP contribution is 2.18. The number of benzene rings is 3. The molecule has 0 aromatic heterocycles. The number of carboxylic acid groups (broad SMARTS) is 2. The lowest BCUT2D eigenvalue weighted by Crippen LogP contribution is -2.19. The molecule has 0 saturated carbocycles. The van der Waals surface area contributed by atoms with Gasteiger partial charge in [0.2, 0.25) is 0 Å². The molecule has 3 aromatic carbocycles. The first kappa shape index (κ1) is 25.3. The second-order valence-electron chi connectivity index (χ2n) is 7.59. The minimum Gasteiger partial charge on any atom is -0.473 e. The molecule has 0 radical (unpaired) electrons. The molecule has 0 fully saturated rings. The third-order valence-electron chi connectivity index (χ3n) is 4.95. The molecule has 4 N–H and O–H groups in total. The number of amides is 1. The summed E-state index contributed by atoms with van der Waals surface area (Å²) in [5, 5.41) is 21.3. The number of hydrogen-bond acceptors (Lipinski definition) is 4. The van der Waals surface area contributed by atoms with Gasteiger partial charge < -0.3 is 20.8 Å². The van der Waals surface area contributed by atoms with Gasteiger partial charge in [-0.05, 0) is 61.7 Å². The van der Waals surface area contributed by atoms with Gasteiger partial charge in [0, 0.05) is 23.8 Å². The van der Waals surface area contributed by atoms with Gasteiger partial charge in [-0.3, -0.25) is 4.79 Å². The zero-order valence-electron chi connectivity index (χ0n) is 18.8. The van der Waals surface area contributed by atoms with E-state index in [-0.39, 0.29) is 11.9 Å². The number of carboxylic acids is 2. The normalized spacial score (nSPS) is 11.0. The Labute approximate surface area is 193 Å². The van der Waals surface area contributed by atoms with Crippen molar-refractivity contribution in [1.82, 2.24) is 5.32 Å². The van der Waals surface area contributed by atoms with E-state index >= 15 is 0 Å². The molecule has 7 nitrogen and oxygen atoms in total. The molecule has 0 saturated heterocycles. The molecule has 1 unspecified atom stereocenters. The largest absolute Gasteiger partial charge is 0.473 e. The van der Waals surface area contributed by atoms with E-state index in [9.17, 15) is 4.79 Å². The first-order chi connectivity index (χ1) is 15.7. The summed E-state index contributed by atoms with van der Waals surface area (Å²) < 4.78 is 0. The van der Waals surface area contributed by atoms with E-state index in [1.54, 1.807) is 0 Å². The number of carbonyl (C=O) groups is 3. The predicted molar refractivity (Wildman–Crippen MR) is 127 cm³/mol. The Hall–Kier alpha value is -3.97. The van der Waals surface area contributed by atoms with E-state index in [2.05, 4.69) is 54.8 Å². The van der Waals surface area contributed by atoms with Gasteiger partial charge in [0.25, 0.3) is 5.91 Å². The van der Waals surface area contributed by atoms with E-state index in [0.29, 0.717) is 5.56 Å². The van der Waals surface area contributed by atoms with E-state index in [1.165, 1.54) is 11.1 Å². The Morgan fingerprint density at radius 1 is 0.848 bits per heavy atom. The summed E-state index contributed by atoms with van der Waals surface area (Å²) in [5.74, 6) is -3.74. The van der Waals surface area contributed by atoms with Crippen molar-refractivity contribution in [3.63, 3.8) is 0 Å². The van der Waals surface area contributed by atoms with Gasteiger partial charge in [-0.15, -0.1) is 0 Å². The zero-order valence-corrected chi connectivity index (χ0v) is 18.8. The van der Waals surface area contributed by atoms with Crippen LogP contribution in [0.4, 0.5) is 5.69 Å². The van der Waals surface area contributed by atoms with Crippen LogP contribution in [0.25, 0.3) is 0 Å². The highest BCUT2D eigenvalue weighted by Gasteiger charge is 2.09. The highest BCUT2D eigenvalue weighted by atomic mass is 16.4. The summed E-state index contributed by atoms with van der Waals surface area (Å²) in [5.41, 5.74) is 6.35. The smallest absolute Gasteiger partial charge is 0.414 e. The first-order valence-electron chi connectivity index (χ1n) is 10.4. The second-order valence-corrected chi connectivity index (χ2v) is 7.59. The first-order valence-corrected chi connectivity index (χ1v) is 10.4. The Morgan fingerprint density at radius 3 is 2.09 bits per heavy atom. The molecule has 0 bridgehead atoms. The maximum absolute atomic E-state index is 12.4. The fourth-order valence-electron chi connectivity index (χ4n) is 3.12. The highest BCUT2D eigenvalue weighted by molar-refractivity contribution is 6.27. The summed E-state index contributed by atoms with van der Waals surface area (Å²) in [4.78, 5) is 30.6. The molecule has 0 aliphatic carbocycles. The van der Waals surface area contributed by atoms with Gasteiger partial charge in [-0.2, -0.15) is 0 Å². The molecule has 0 heterocycles. The SMILES string of the molecule is Cc1ccc(C(=O)Nc2cccc(CNC(C)c3ccccc3C)c2)cc1.O=C(O)C(=O)O. The Morgan fingerprint density at radius 2 is 1.48 bits per heavy atom. The zero-order chi connectivity index (χ0) is 24.4. The quantitative estimate of drug-likeness (QED) is 0.411. The maximum Gasteiger partial charge on any atom is 0.414 e.